The van der Waals surface area contributed by atoms with E-state index in [1.807, 2.05) is 6.92 Å². The summed E-state index contributed by atoms with van der Waals surface area (Å²) in [5.41, 5.74) is 0.753. The number of piperidine rings is 1. The molecule has 0 amide bonds. The summed E-state index contributed by atoms with van der Waals surface area (Å²) in [4.78, 5) is 0. The minimum absolute atomic E-state index is 0.112. The van der Waals surface area contributed by atoms with Crippen molar-refractivity contribution in [2.24, 2.45) is 0 Å². The van der Waals surface area contributed by atoms with E-state index in [0.29, 0.717) is 44.1 Å². The molecule has 2 aromatic heterocycles. The number of aromatic nitrogens is 2. The molecule has 23 heavy (non-hydrogen) atoms. The molecule has 2 aromatic rings. The van der Waals surface area contributed by atoms with Crippen LogP contribution in [-0.4, -0.2) is 41.8 Å². The largest absolute Gasteiger partial charge is 0.472 e. The second-order valence-corrected chi connectivity index (χ2v) is 7.89. The molecular formula is C15H21N3O4S. The summed E-state index contributed by atoms with van der Waals surface area (Å²) in [6.45, 7) is 3.02. The maximum atomic E-state index is 12.2. The first-order chi connectivity index (χ1) is 11.1. The van der Waals surface area contributed by atoms with Crippen LogP contribution in [0.5, 0.6) is 0 Å². The molecule has 7 nitrogen and oxygen atoms in total. The molecule has 0 N–H and O–H groups in total. The highest BCUT2D eigenvalue weighted by Gasteiger charge is 2.30. The van der Waals surface area contributed by atoms with Gasteiger partial charge in [0.1, 0.15) is 6.26 Å². The van der Waals surface area contributed by atoms with Crippen LogP contribution in [0.2, 0.25) is 0 Å². The highest BCUT2D eigenvalue weighted by Crippen LogP contribution is 2.30. The number of hydrogen-bond donors (Lipinski definition) is 0. The monoisotopic (exact) mass is 339 g/mol. The van der Waals surface area contributed by atoms with Crippen molar-refractivity contribution in [3.63, 3.8) is 0 Å². The molecule has 1 aliphatic rings. The van der Waals surface area contributed by atoms with Crippen molar-refractivity contribution >= 4 is 10.0 Å². The molecule has 0 bridgehead atoms. The fraction of sp³-hybridized carbons (Fsp3) is 0.600. The second-order valence-electron chi connectivity index (χ2n) is 5.80. The van der Waals surface area contributed by atoms with Crippen LogP contribution < -0.4 is 0 Å². The fourth-order valence-corrected chi connectivity index (χ4v) is 4.42. The van der Waals surface area contributed by atoms with Gasteiger partial charge in [0.2, 0.25) is 15.9 Å². The molecule has 126 valence electrons. The Hall–Kier alpha value is -1.67. The smallest absolute Gasteiger partial charge is 0.250 e. The Kier molecular flexibility index (Phi) is 4.82. The number of sulfonamides is 1. The van der Waals surface area contributed by atoms with E-state index in [9.17, 15) is 8.42 Å². The standard InChI is InChI=1S/C15H21N3O4S/c1-2-3-10-23(19,20)18-7-4-12(5-8-18)14-16-17-15(22-14)13-6-9-21-11-13/h6,9,11-12H,2-5,7-8,10H2,1H3. The third-order valence-electron chi connectivity index (χ3n) is 4.16. The zero-order valence-corrected chi connectivity index (χ0v) is 14.0. The lowest BCUT2D eigenvalue weighted by Gasteiger charge is -2.29. The predicted molar refractivity (Wildman–Crippen MR) is 84.2 cm³/mol. The lowest BCUT2D eigenvalue weighted by molar-refractivity contribution is 0.291. The molecule has 3 heterocycles. The quantitative estimate of drug-likeness (QED) is 0.804. The van der Waals surface area contributed by atoms with Crippen LogP contribution in [0.15, 0.2) is 27.4 Å². The Morgan fingerprint density at radius 2 is 2.09 bits per heavy atom. The van der Waals surface area contributed by atoms with Crippen LogP contribution in [0.1, 0.15) is 44.4 Å². The molecule has 1 fully saturated rings. The lowest BCUT2D eigenvalue weighted by Crippen LogP contribution is -2.39. The Morgan fingerprint density at radius 1 is 1.30 bits per heavy atom. The Balaban J connectivity index is 1.61. The summed E-state index contributed by atoms with van der Waals surface area (Å²) in [5.74, 6) is 1.36. The molecule has 0 atom stereocenters. The lowest BCUT2D eigenvalue weighted by atomic mass is 9.98. The van der Waals surface area contributed by atoms with Gasteiger partial charge in [-0.05, 0) is 25.3 Å². The molecule has 0 saturated carbocycles. The van der Waals surface area contributed by atoms with Gasteiger partial charge in [-0.1, -0.05) is 13.3 Å². The van der Waals surface area contributed by atoms with Gasteiger partial charge in [0.15, 0.2) is 0 Å². The molecule has 0 aromatic carbocycles. The van der Waals surface area contributed by atoms with E-state index in [1.54, 1.807) is 22.9 Å². The molecule has 0 unspecified atom stereocenters. The highest BCUT2D eigenvalue weighted by atomic mass is 32.2. The first-order valence-corrected chi connectivity index (χ1v) is 9.55. The summed E-state index contributed by atoms with van der Waals surface area (Å²) in [6, 6.07) is 1.76. The summed E-state index contributed by atoms with van der Waals surface area (Å²) in [6.07, 6.45) is 6.12. The van der Waals surface area contributed by atoms with E-state index in [2.05, 4.69) is 10.2 Å². The molecule has 3 rings (SSSR count). The molecule has 0 spiro atoms. The Labute approximate surface area is 135 Å². The minimum atomic E-state index is -3.13. The first-order valence-electron chi connectivity index (χ1n) is 7.94. The first kappa shape index (κ1) is 16.2. The van der Waals surface area contributed by atoms with Crippen molar-refractivity contribution in [3.8, 4) is 11.5 Å². The molecule has 0 aliphatic carbocycles. The molecular weight excluding hydrogens is 318 g/mol. The summed E-state index contributed by atoms with van der Waals surface area (Å²) in [7, 11) is -3.13. The zero-order valence-electron chi connectivity index (χ0n) is 13.1. The minimum Gasteiger partial charge on any atom is -0.472 e. The third kappa shape index (κ3) is 3.64. The summed E-state index contributed by atoms with van der Waals surface area (Å²) in [5, 5.41) is 8.14. The van der Waals surface area contributed by atoms with Gasteiger partial charge in [-0.25, -0.2) is 12.7 Å². The molecule has 0 radical (unpaired) electrons. The topological polar surface area (TPSA) is 89.4 Å². The summed E-state index contributed by atoms with van der Waals surface area (Å²) >= 11 is 0. The number of furan rings is 1. The van der Waals surface area contributed by atoms with E-state index in [-0.39, 0.29) is 11.7 Å². The van der Waals surface area contributed by atoms with Gasteiger partial charge in [-0.3, -0.25) is 0 Å². The van der Waals surface area contributed by atoms with Crippen LogP contribution in [0.25, 0.3) is 11.5 Å². The van der Waals surface area contributed by atoms with Gasteiger partial charge in [0, 0.05) is 19.0 Å². The second kappa shape index (κ2) is 6.84. The van der Waals surface area contributed by atoms with E-state index in [1.165, 1.54) is 0 Å². The van der Waals surface area contributed by atoms with Crippen molar-refractivity contribution in [1.82, 2.24) is 14.5 Å². The highest BCUT2D eigenvalue weighted by molar-refractivity contribution is 7.89. The van der Waals surface area contributed by atoms with Crippen molar-refractivity contribution in [3.05, 3.63) is 24.5 Å². The zero-order chi connectivity index (χ0) is 16.3. The van der Waals surface area contributed by atoms with Crippen LogP contribution in [0, 0.1) is 0 Å². The number of nitrogens with zero attached hydrogens (tertiary/aromatic N) is 3. The van der Waals surface area contributed by atoms with Crippen LogP contribution in [0.3, 0.4) is 0 Å². The third-order valence-corrected chi connectivity index (χ3v) is 6.12. The van der Waals surface area contributed by atoms with Gasteiger partial charge in [0.05, 0.1) is 17.6 Å². The van der Waals surface area contributed by atoms with Crippen LogP contribution in [-0.2, 0) is 10.0 Å². The van der Waals surface area contributed by atoms with Crippen molar-refractivity contribution in [2.45, 2.75) is 38.5 Å². The summed E-state index contributed by atoms with van der Waals surface area (Å²) < 4.78 is 36.7. The van der Waals surface area contributed by atoms with Crippen molar-refractivity contribution < 1.29 is 17.3 Å². The van der Waals surface area contributed by atoms with Crippen LogP contribution in [0.4, 0.5) is 0 Å². The van der Waals surface area contributed by atoms with E-state index >= 15 is 0 Å². The van der Waals surface area contributed by atoms with Gasteiger partial charge < -0.3 is 8.83 Å². The molecule has 1 aliphatic heterocycles. The van der Waals surface area contributed by atoms with Gasteiger partial charge in [-0.15, -0.1) is 10.2 Å². The number of rotatable bonds is 6. The van der Waals surface area contributed by atoms with E-state index in [4.69, 9.17) is 8.83 Å². The molecule has 1 saturated heterocycles. The maximum absolute atomic E-state index is 12.2. The number of hydrogen-bond acceptors (Lipinski definition) is 6. The van der Waals surface area contributed by atoms with Gasteiger partial charge >= 0.3 is 0 Å². The number of unbranched alkanes of at least 4 members (excludes halogenated alkanes) is 1. The maximum Gasteiger partial charge on any atom is 0.250 e. The fourth-order valence-electron chi connectivity index (χ4n) is 2.74. The van der Waals surface area contributed by atoms with E-state index in [0.717, 1.165) is 12.0 Å². The van der Waals surface area contributed by atoms with Crippen molar-refractivity contribution in [2.75, 3.05) is 18.8 Å². The van der Waals surface area contributed by atoms with Gasteiger partial charge in [0.25, 0.3) is 5.89 Å². The van der Waals surface area contributed by atoms with Crippen LogP contribution >= 0.6 is 0 Å². The van der Waals surface area contributed by atoms with Gasteiger partial charge in [-0.2, -0.15) is 0 Å². The SMILES string of the molecule is CCCCS(=O)(=O)N1CCC(c2nnc(-c3ccoc3)o2)CC1. The van der Waals surface area contributed by atoms with Crippen molar-refractivity contribution in [1.29, 1.82) is 0 Å². The average Bonchev–Trinajstić information content (AvgIpc) is 3.24. The Bertz CT molecular complexity index is 716. The normalized spacial score (nSPS) is 17.6. The van der Waals surface area contributed by atoms with E-state index < -0.39 is 10.0 Å². The Morgan fingerprint density at radius 3 is 2.74 bits per heavy atom. The predicted octanol–water partition coefficient (Wildman–Crippen LogP) is 2.64. The molecule has 8 heteroatoms. The average molecular weight is 339 g/mol.